The molecule has 0 radical (unpaired) electrons. The molecule has 0 spiro atoms. The number of aryl methyl sites for hydroxylation is 1. The fourth-order valence-electron chi connectivity index (χ4n) is 3.27. The van der Waals surface area contributed by atoms with Crippen LogP contribution >= 0.6 is 67.8 Å². The van der Waals surface area contributed by atoms with E-state index in [4.69, 9.17) is 30.2 Å². The Morgan fingerprint density at radius 2 is 1.20 bits per heavy atom. The first-order chi connectivity index (χ1) is 25.4. The van der Waals surface area contributed by atoms with E-state index in [0.29, 0.717) is 28.3 Å². The predicted molar refractivity (Wildman–Crippen MR) is 225 cm³/mol. The molecular weight excluding hydrogens is 1160 g/mol. The van der Waals surface area contributed by atoms with Crippen LogP contribution in [0.4, 0.5) is 17.6 Å². The van der Waals surface area contributed by atoms with E-state index >= 15 is 0 Å². The normalized spacial score (nSPS) is 10.4. The van der Waals surface area contributed by atoms with E-state index in [0.717, 1.165) is 19.1 Å². The summed E-state index contributed by atoms with van der Waals surface area (Å²) in [7, 11) is -4.58. The largest absolute Gasteiger partial charge is 1.00 e. The zero-order valence-corrected chi connectivity index (χ0v) is 44.6. The van der Waals surface area contributed by atoms with Gasteiger partial charge in [-0.05, 0) is 147 Å². The summed E-state index contributed by atoms with van der Waals surface area (Å²) in [6, 6.07) is 19.3. The summed E-state index contributed by atoms with van der Waals surface area (Å²) in [5.41, 5.74) is 1.03. The number of carbonyl (C=O) groups excluding carboxylic acids is 1. The number of aromatic hydroxyl groups is 1. The third-order valence-electron chi connectivity index (χ3n) is 6.30. The molecule has 56 heavy (non-hydrogen) atoms. The Hall–Kier alpha value is 0.803. The van der Waals surface area contributed by atoms with Crippen molar-refractivity contribution < 1.29 is 165 Å². The number of alkyl halides is 1. The van der Waals surface area contributed by atoms with Crippen molar-refractivity contribution in [2.24, 2.45) is 11.8 Å². The summed E-state index contributed by atoms with van der Waals surface area (Å²) in [5, 5.41) is 17.3. The summed E-state index contributed by atoms with van der Waals surface area (Å²) in [5.74, 6) is 0.949. The molecule has 0 aliphatic rings. The minimum Gasteiger partial charge on any atom is -1.00 e. The van der Waals surface area contributed by atoms with Crippen LogP contribution in [0.1, 0.15) is 43.0 Å². The van der Waals surface area contributed by atoms with Gasteiger partial charge in [-0.2, -0.15) is 8.42 Å². The molecule has 4 rings (SSSR count). The van der Waals surface area contributed by atoms with Crippen LogP contribution in [0.5, 0.6) is 17.2 Å². The van der Waals surface area contributed by atoms with Crippen molar-refractivity contribution in [3.05, 3.63) is 113 Å². The molecule has 0 saturated heterocycles. The molecule has 1 N–H and O–H groups in total. The first-order valence-electron chi connectivity index (χ1n) is 16.0. The van der Waals surface area contributed by atoms with E-state index in [1.807, 2.05) is 95.5 Å². The van der Waals surface area contributed by atoms with Crippen molar-refractivity contribution in [3.8, 4) is 17.2 Å². The van der Waals surface area contributed by atoms with E-state index in [1.165, 1.54) is 42.5 Å². The van der Waals surface area contributed by atoms with Crippen LogP contribution in [0.25, 0.3) is 0 Å². The maximum absolute atomic E-state index is 13.0. The minimum atomic E-state index is -3.58. The zero-order chi connectivity index (χ0) is 41.3. The Labute approximate surface area is 457 Å². The SMILES string of the molecule is C.CC(COc1ccc(F)cc1I)COc1ccc(F)cc1I.CCC(C)COS(=O)(=O)c1ccc(C)cc1.O=CO[O-].Oc1ccc(F)cc1I.[2H]CF.[H-].[K+].[K+]. The molecule has 1 atom stereocenters. The van der Waals surface area contributed by atoms with Crippen molar-refractivity contribution in [1.82, 2.24) is 0 Å². The number of phenolic OH excluding ortho intramolecular Hbond substituents is 1. The fraction of sp³-hybridized carbons (Fsp3) is 0.324. The Morgan fingerprint density at radius 1 is 0.804 bits per heavy atom. The van der Waals surface area contributed by atoms with E-state index in [-0.39, 0.29) is 165 Å². The molecule has 304 valence electrons. The van der Waals surface area contributed by atoms with Gasteiger partial charge >= 0.3 is 103 Å². The van der Waals surface area contributed by atoms with Crippen LogP contribution in [0.3, 0.4) is 0 Å². The molecule has 4 aromatic carbocycles. The second kappa shape index (κ2) is 36.5. The van der Waals surface area contributed by atoms with Gasteiger partial charge in [0.25, 0.3) is 16.6 Å². The van der Waals surface area contributed by atoms with Crippen molar-refractivity contribution in [1.29, 1.82) is 0 Å². The number of carbonyl (C=O) groups is 1. The molecule has 0 amide bonds. The zero-order valence-electron chi connectivity index (χ0n) is 33.0. The van der Waals surface area contributed by atoms with Gasteiger partial charge in [-0.15, -0.1) is 0 Å². The average Bonchev–Trinajstić information content (AvgIpc) is 3.12. The number of hydrogen-bond acceptors (Lipinski definition) is 9. The second-order valence-corrected chi connectivity index (χ2v) is 15.8. The van der Waals surface area contributed by atoms with Gasteiger partial charge in [-0.25, -0.2) is 13.2 Å². The minimum absolute atomic E-state index is 0. The number of benzene rings is 4. The number of ether oxygens (including phenoxy) is 2. The molecule has 0 aromatic heterocycles. The Morgan fingerprint density at radius 3 is 1.54 bits per heavy atom. The molecule has 1 unspecified atom stereocenters. The third-order valence-corrected chi connectivity index (χ3v) is 10.1. The predicted octanol–water partition coefficient (Wildman–Crippen LogP) is 3.93. The Balaban J connectivity index is -0.000000229. The van der Waals surface area contributed by atoms with Crippen LogP contribution in [-0.2, 0) is 24.0 Å². The van der Waals surface area contributed by atoms with E-state index in [9.17, 15) is 26.0 Å². The molecule has 0 saturated carbocycles. The average molecular weight is 1200 g/mol. The third kappa shape index (κ3) is 28.4. The summed E-state index contributed by atoms with van der Waals surface area (Å²) in [6.07, 6.45) is 0.906. The molecule has 0 bridgehead atoms. The number of phenols is 1. The smallest absolute Gasteiger partial charge is 1.00 e. The topological polar surface area (TPSA) is 131 Å². The van der Waals surface area contributed by atoms with E-state index in [2.05, 4.69) is 4.89 Å². The van der Waals surface area contributed by atoms with E-state index < -0.39 is 17.3 Å². The van der Waals surface area contributed by atoms with Crippen molar-refractivity contribution in [2.75, 3.05) is 27.0 Å². The molecule has 0 heterocycles. The molecule has 0 aliphatic carbocycles. The molecule has 9 nitrogen and oxygen atoms in total. The van der Waals surface area contributed by atoms with Crippen LogP contribution in [0, 0.1) is 46.9 Å². The molecule has 0 aliphatic heterocycles. The summed E-state index contributed by atoms with van der Waals surface area (Å²) < 4.78 is 95.6. The van der Waals surface area contributed by atoms with Gasteiger partial charge in [0.2, 0.25) is 0 Å². The fourth-order valence-corrected chi connectivity index (χ4v) is 6.03. The van der Waals surface area contributed by atoms with Crippen molar-refractivity contribution in [3.63, 3.8) is 0 Å². The molecular formula is C37H45F4I3K2O9S. The number of halogens is 7. The quantitative estimate of drug-likeness (QED) is 0.0427. The maximum Gasteiger partial charge on any atom is 1.00 e. The molecule has 0 fully saturated rings. The van der Waals surface area contributed by atoms with Crippen LogP contribution < -0.4 is 118 Å². The van der Waals surface area contributed by atoms with Gasteiger partial charge in [-0.1, -0.05) is 52.3 Å². The number of rotatable bonds is 12. The van der Waals surface area contributed by atoms with Crippen LogP contribution in [0.2, 0.25) is 0 Å². The number of hydrogen-bond donors (Lipinski definition) is 1. The van der Waals surface area contributed by atoms with Gasteiger partial charge in [0.05, 0.1) is 44.0 Å². The van der Waals surface area contributed by atoms with Gasteiger partial charge in [0.1, 0.15) is 34.7 Å². The summed E-state index contributed by atoms with van der Waals surface area (Å²) in [6.45, 7) is 8.85. The monoisotopic (exact) mass is 1200 g/mol. The van der Waals surface area contributed by atoms with Gasteiger partial charge < -0.3 is 26.2 Å². The van der Waals surface area contributed by atoms with Crippen molar-refractivity contribution >= 4 is 84.4 Å². The van der Waals surface area contributed by atoms with E-state index in [1.54, 1.807) is 36.4 Å². The first-order valence-corrected chi connectivity index (χ1v) is 19.9. The molecule has 4 aromatic rings. The summed E-state index contributed by atoms with van der Waals surface area (Å²) in [4.78, 5) is 11.5. The maximum atomic E-state index is 13.0. The van der Waals surface area contributed by atoms with Crippen LogP contribution in [0.15, 0.2) is 83.8 Å². The van der Waals surface area contributed by atoms with Crippen molar-refractivity contribution in [2.45, 2.75) is 46.4 Å². The second-order valence-electron chi connectivity index (χ2n) is 10.7. The first kappa shape index (κ1) is 61.1. The van der Waals surface area contributed by atoms with Gasteiger partial charge in [-0.3, -0.25) is 13.4 Å². The van der Waals surface area contributed by atoms with Crippen LogP contribution in [-0.4, -0.2) is 47.0 Å². The molecule has 19 heteroatoms. The van der Waals surface area contributed by atoms with Gasteiger partial charge in [0, 0.05) is 5.92 Å². The standard InChI is InChI=1S/C16H14F2I2O2.C12H18O3S.C6H4FIO.CH3F.CH2O3.CH4.2K.H/c1-10(8-21-15-4-2-11(17)6-13(15)19)9-22-16-5-3-12(18)7-14(16)20;1-4-10(2)9-15-16(13,14)12-7-5-11(3)6-8-12;7-4-1-2-6(9)5(8)3-4;1-2;2-1-4-3;;;;/h2-7,10H,8-9H2,1H3;5-8,10H,4,9H2,1-3H3;1-3,9H;1H3;1,3H;1H4;;;/q;;;;;;2*+1;-1/p-1/i;;;1D;;;;;. The Bertz CT molecular complexity index is 1740. The summed E-state index contributed by atoms with van der Waals surface area (Å²) >= 11 is 5.94. The van der Waals surface area contributed by atoms with Gasteiger partial charge in [0.15, 0.2) is 0 Å². The Kier molecular flexibility index (Phi) is 39.8.